The van der Waals surface area contributed by atoms with Gasteiger partial charge in [0, 0.05) is 19.3 Å². The molecule has 10 heteroatoms. The monoisotopic (exact) mass is 470 g/mol. The molecule has 0 radical (unpaired) electrons. The largest absolute Gasteiger partial charge is 0.461 e. The molecule has 1 aliphatic rings. The molecule has 0 N–H and O–H groups in total. The Morgan fingerprint density at radius 3 is 2.42 bits per heavy atom. The summed E-state index contributed by atoms with van der Waals surface area (Å²) in [5.74, 6) is 0.402. The standard InChI is InChI=1S/C23H26N4O5S/c1-27-22(28)13-21(20-11-12-24-15-25-20)26-23(27)32-19-9-7-18(8-10-19)17-5-3-16(4-6-17)14-31-33(2,29)30/h3-6,11-13,15,18-19H,7-10,14H2,1-2H3. The van der Waals surface area contributed by atoms with Crippen LogP contribution in [0.4, 0.5) is 0 Å². The van der Waals surface area contributed by atoms with E-state index in [4.69, 9.17) is 8.92 Å². The number of aromatic nitrogens is 4. The summed E-state index contributed by atoms with van der Waals surface area (Å²) in [5.41, 5.74) is 2.86. The van der Waals surface area contributed by atoms with Crippen molar-refractivity contribution in [3.05, 3.63) is 70.4 Å². The van der Waals surface area contributed by atoms with Crippen molar-refractivity contribution >= 4 is 10.1 Å². The third-order valence-corrected chi connectivity index (χ3v) is 6.32. The van der Waals surface area contributed by atoms with Crippen LogP contribution in [0.1, 0.15) is 42.7 Å². The van der Waals surface area contributed by atoms with Crippen LogP contribution < -0.4 is 10.3 Å². The lowest BCUT2D eigenvalue weighted by molar-refractivity contribution is 0.128. The molecule has 1 aliphatic carbocycles. The first-order valence-corrected chi connectivity index (χ1v) is 12.5. The van der Waals surface area contributed by atoms with Gasteiger partial charge in [-0.15, -0.1) is 0 Å². The van der Waals surface area contributed by atoms with Crippen LogP contribution >= 0.6 is 0 Å². The summed E-state index contributed by atoms with van der Waals surface area (Å²) < 4.78 is 34.7. The van der Waals surface area contributed by atoms with Gasteiger partial charge in [-0.2, -0.15) is 13.4 Å². The highest BCUT2D eigenvalue weighted by molar-refractivity contribution is 7.85. The molecule has 0 saturated heterocycles. The zero-order valence-corrected chi connectivity index (χ0v) is 19.4. The fourth-order valence-corrected chi connectivity index (χ4v) is 4.27. The zero-order chi connectivity index (χ0) is 23.4. The number of benzene rings is 1. The third kappa shape index (κ3) is 6.02. The molecule has 0 amide bonds. The summed E-state index contributed by atoms with van der Waals surface area (Å²) in [4.78, 5) is 25.0. The topological polar surface area (TPSA) is 113 Å². The van der Waals surface area contributed by atoms with Crippen LogP contribution in [0.2, 0.25) is 0 Å². The molecular formula is C23H26N4O5S. The first-order valence-electron chi connectivity index (χ1n) is 10.7. The number of hydrogen-bond acceptors (Lipinski definition) is 8. The van der Waals surface area contributed by atoms with Gasteiger partial charge in [-0.1, -0.05) is 24.3 Å². The van der Waals surface area contributed by atoms with Crippen molar-refractivity contribution in [1.82, 2.24) is 19.5 Å². The summed E-state index contributed by atoms with van der Waals surface area (Å²) in [6.07, 6.45) is 7.63. The SMILES string of the molecule is Cn1c(OC2CCC(c3ccc(COS(C)(=O)=O)cc3)CC2)nc(-c2ccncn2)cc1=O. The predicted octanol–water partition coefficient (Wildman–Crippen LogP) is 2.82. The van der Waals surface area contributed by atoms with Gasteiger partial charge in [0.05, 0.1) is 24.3 Å². The fourth-order valence-electron chi connectivity index (χ4n) is 3.92. The Morgan fingerprint density at radius 2 is 1.79 bits per heavy atom. The second-order valence-electron chi connectivity index (χ2n) is 8.22. The molecule has 2 aromatic heterocycles. The molecule has 9 nitrogen and oxygen atoms in total. The van der Waals surface area contributed by atoms with Crippen molar-refractivity contribution in [1.29, 1.82) is 0 Å². The van der Waals surface area contributed by atoms with E-state index in [-0.39, 0.29) is 24.3 Å². The number of ether oxygens (including phenoxy) is 1. The van der Waals surface area contributed by atoms with Crippen LogP contribution in [0.25, 0.3) is 11.4 Å². The van der Waals surface area contributed by atoms with Crippen LogP contribution in [0.5, 0.6) is 6.01 Å². The highest BCUT2D eigenvalue weighted by atomic mass is 32.2. The molecule has 0 spiro atoms. The molecule has 0 atom stereocenters. The molecule has 1 saturated carbocycles. The lowest BCUT2D eigenvalue weighted by Crippen LogP contribution is -2.28. The second-order valence-corrected chi connectivity index (χ2v) is 9.86. The summed E-state index contributed by atoms with van der Waals surface area (Å²) >= 11 is 0. The maximum Gasteiger partial charge on any atom is 0.299 e. The van der Waals surface area contributed by atoms with E-state index in [0.717, 1.165) is 37.5 Å². The molecule has 3 aromatic rings. The van der Waals surface area contributed by atoms with Gasteiger partial charge in [0.15, 0.2) is 0 Å². The molecule has 33 heavy (non-hydrogen) atoms. The quantitative estimate of drug-likeness (QED) is 0.485. The van der Waals surface area contributed by atoms with Crippen LogP contribution in [-0.4, -0.2) is 40.3 Å². The molecule has 1 aromatic carbocycles. The molecule has 1 fully saturated rings. The van der Waals surface area contributed by atoms with Crippen LogP contribution in [0, 0.1) is 0 Å². The molecule has 2 heterocycles. The fraction of sp³-hybridized carbons (Fsp3) is 0.391. The highest BCUT2D eigenvalue weighted by Gasteiger charge is 2.25. The Balaban J connectivity index is 1.38. The van der Waals surface area contributed by atoms with Gasteiger partial charge in [0.2, 0.25) is 0 Å². The lowest BCUT2D eigenvalue weighted by Gasteiger charge is -2.29. The molecular weight excluding hydrogens is 444 g/mol. The van der Waals surface area contributed by atoms with Gasteiger partial charge < -0.3 is 4.74 Å². The summed E-state index contributed by atoms with van der Waals surface area (Å²) in [6, 6.07) is 11.3. The summed E-state index contributed by atoms with van der Waals surface area (Å²) in [5, 5.41) is 0. The molecule has 0 unspecified atom stereocenters. The molecule has 0 bridgehead atoms. The molecule has 174 valence electrons. The van der Waals surface area contributed by atoms with Gasteiger partial charge in [0.25, 0.3) is 21.7 Å². The Kier molecular flexibility index (Phi) is 6.85. The number of rotatable bonds is 7. The van der Waals surface area contributed by atoms with E-state index in [1.54, 1.807) is 19.3 Å². The maximum absolute atomic E-state index is 12.4. The van der Waals surface area contributed by atoms with E-state index < -0.39 is 10.1 Å². The number of nitrogens with zero attached hydrogens (tertiary/aromatic N) is 4. The first-order chi connectivity index (χ1) is 15.8. The van der Waals surface area contributed by atoms with Crippen molar-refractivity contribution in [2.75, 3.05) is 6.26 Å². The molecule has 4 rings (SSSR count). The van der Waals surface area contributed by atoms with Crippen LogP contribution in [0.15, 0.2) is 53.7 Å². The van der Waals surface area contributed by atoms with E-state index in [9.17, 15) is 13.2 Å². The van der Waals surface area contributed by atoms with Gasteiger partial charge in [-0.05, 0) is 48.8 Å². The molecule has 0 aliphatic heterocycles. The Bertz CT molecular complexity index is 1250. The minimum Gasteiger partial charge on any atom is -0.461 e. The average Bonchev–Trinajstić information content (AvgIpc) is 2.81. The average molecular weight is 471 g/mol. The van der Waals surface area contributed by atoms with Gasteiger partial charge in [-0.25, -0.2) is 9.97 Å². The van der Waals surface area contributed by atoms with Crippen molar-refractivity contribution in [2.45, 2.75) is 44.3 Å². The van der Waals surface area contributed by atoms with Gasteiger partial charge >= 0.3 is 0 Å². The normalized spacial score (nSPS) is 18.7. The van der Waals surface area contributed by atoms with Crippen LogP contribution in [-0.2, 0) is 28.0 Å². The lowest BCUT2D eigenvalue weighted by atomic mass is 9.82. The van der Waals surface area contributed by atoms with Gasteiger partial charge in [-0.3, -0.25) is 13.5 Å². The maximum atomic E-state index is 12.4. The van der Waals surface area contributed by atoms with Crippen LogP contribution in [0.3, 0.4) is 0 Å². The van der Waals surface area contributed by atoms with Crippen molar-refractivity contribution < 1.29 is 17.3 Å². The Hall–Kier alpha value is -3.11. The Morgan fingerprint density at radius 1 is 1.06 bits per heavy atom. The Labute approximate surface area is 192 Å². The summed E-state index contributed by atoms with van der Waals surface area (Å²) in [7, 11) is -1.81. The zero-order valence-electron chi connectivity index (χ0n) is 18.5. The van der Waals surface area contributed by atoms with E-state index in [1.165, 1.54) is 22.5 Å². The van der Waals surface area contributed by atoms with Gasteiger partial charge in [0.1, 0.15) is 12.4 Å². The van der Waals surface area contributed by atoms with Crippen molar-refractivity contribution in [3.8, 4) is 17.4 Å². The second kappa shape index (κ2) is 9.80. The first kappa shape index (κ1) is 23.1. The summed E-state index contributed by atoms with van der Waals surface area (Å²) in [6.45, 7) is 0.0412. The minimum atomic E-state index is -3.46. The minimum absolute atomic E-state index is 0.0255. The van der Waals surface area contributed by atoms with Crippen molar-refractivity contribution in [2.24, 2.45) is 7.05 Å². The van der Waals surface area contributed by atoms with E-state index in [1.807, 2.05) is 24.3 Å². The van der Waals surface area contributed by atoms with Crippen molar-refractivity contribution in [3.63, 3.8) is 0 Å². The van der Waals surface area contributed by atoms with E-state index in [2.05, 4.69) is 15.0 Å². The number of hydrogen-bond donors (Lipinski definition) is 0. The van der Waals surface area contributed by atoms with E-state index in [0.29, 0.717) is 17.3 Å². The highest BCUT2D eigenvalue weighted by Crippen LogP contribution is 2.34. The predicted molar refractivity (Wildman–Crippen MR) is 122 cm³/mol. The smallest absolute Gasteiger partial charge is 0.299 e. The third-order valence-electron chi connectivity index (χ3n) is 5.78. The van der Waals surface area contributed by atoms with E-state index >= 15 is 0 Å².